The van der Waals surface area contributed by atoms with E-state index in [-0.39, 0.29) is 11.9 Å². The molecule has 1 saturated heterocycles. The molecule has 2 N–H and O–H groups in total. The van der Waals surface area contributed by atoms with Crippen molar-refractivity contribution in [3.8, 4) is 0 Å². The van der Waals surface area contributed by atoms with Gasteiger partial charge in [0.05, 0.1) is 22.5 Å². The van der Waals surface area contributed by atoms with Crippen LogP contribution in [0.1, 0.15) is 53.2 Å². The number of anilines is 2. The molecule has 3 heterocycles. The molecule has 0 radical (unpaired) electrons. The van der Waals surface area contributed by atoms with Crippen LogP contribution in [-0.4, -0.2) is 41.7 Å². The molecule has 2 aliphatic rings. The second kappa shape index (κ2) is 6.45. The van der Waals surface area contributed by atoms with Gasteiger partial charge in [-0.15, -0.1) is 0 Å². The summed E-state index contributed by atoms with van der Waals surface area (Å²) < 4.78 is 5.36. The molecule has 142 valence electrons. The molecule has 0 aliphatic carbocycles. The van der Waals surface area contributed by atoms with Gasteiger partial charge in [0, 0.05) is 25.3 Å². The third-order valence-corrected chi connectivity index (χ3v) is 4.81. The summed E-state index contributed by atoms with van der Waals surface area (Å²) in [5, 5.41) is 5.95. The van der Waals surface area contributed by atoms with E-state index in [4.69, 9.17) is 4.74 Å². The summed E-state index contributed by atoms with van der Waals surface area (Å²) in [5.74, 6) is -0.0344. The Morgan fingerprint density at radius 2 is 2.15 bits per heavy atom. The lowest BCUT2D eigenvalue weighted by molar-refractivity contribution is -0.119. The molecule has 0 aromatic carbocycles. The van der Waals surface area contributed by atoms with Gasteiger partial charge >= 0.3 is 6.09 Å². The molecule has 1 atom stereocenters. The fourth-order valence-electron chi connectivity index (χ4n) is 3.48. The molecule has 3 rings (SSSR count). The number of amides is 2. The first-order valence-corrected chi connectivity index (χ1v) is 9.13. The number of rotatable bonds is 2. The van der Waals surface area contributed by atoms with Gasteiger partial charge in [-0.05, 0) is 53.5 Å². The van der Waals surface area contributed by atoms with E-state index >= 15 is 0 Å². The molecule has 26 heavy (non-hydrogen) atoms. The maximum Gasteiger partial charge on any atom is 0.407 e. The summed E-state index contributed by atoms with van der Waals surface area (Å²) in [6, 6.07) is 1.93. The van der Waals surface area contributed by atoms with E-state index in [0.717, 1.165) is 36.5 Å². The van der Waals surface area contributed by atoms with Gasteiger partial charge in [-0.25, -0.2) is 4.79 Å². The van der Waals surface area contributed by atoms with E-state index in [1.54, 1.807) is 6.20 Å². The van der Waals surface area contributed by atoms with Gasteiger partial charge in [0.25, 0.3) is 0 Å². The average Bonchev–Trinajstić information content (AvgIpc) is 2.75. The number of nitrogens with zero attached hydrogens (tertiary/aromatic N) is 2. The number of piperidine rings is 1. The Balaban J connectivity index is 1.75. The number of nitrogens with one attached hydrogen (secondary N) is 2. The minimum atomic E-state index is -0.630. The number of carbonyl (C=O) groups is 2. The summed E-state index contributed by atoms with van der Waals surface area (Å²) in [5.41, 5.74) is 1.39. The first-order valence-electron chi connectivity index (χ1n) is 9.13. The number of fused-ring (bicyclic) bond motifs is 1. The highest BCUT2D eigenvalue weighted by molar-refractivity contribution is 6.07. The molecule has 0 bridgehead atoms. The molecule has 7 nitrogen and oxygen atoms in total. The zero-order chi connectivity index (χ0) is 19.1. The highest BCUT2D eigenvalue weighted by Crippen LogP contribution is 2.41. The van der Waals surface area contributed by atoms with Gasteiger partial charge in [-0.3, -0.25) is 9.78 Å². The zero-order valence-electron chi connectivity index (χ0n) is 16.2. The topological polar surface area (TPSA) is 83.6 Å². The van der Waals surface area contributed by atoms with Gasteiger partial charge in [0.1, 0.15) is 5.60 Å². The maximum absolute atomic E-state index is 12.3. The van der Waals surface area contributed by atoms with Crippen molar-refractivity contribution >= 4 is 23.4 Å². The normalized spacial score (nSPS) is 21.8. The molecule has 0 saturated carbocycles. The lowest BCUT2D eigenvalue weighted by Gasteiger charge is -2.35. The van der Waals surface area contributed by atoms with Gasteiger partial charge in [-0.2, -0.15) is 0 Å². The molecule has 1 aromatic heterocycles. The highest BCUT2D eigenvalue weighted by atomic mass is 16.6. The molecule has 1 unspecified atom stereocenters. The predicted octanol–water partition coefficient (Wildman–Crippen LogP) is 2.80. The first kappa shape index (κ1) is 18.5. The van der Waals surface area contributed by atoms with Crippen molar-refractivity contribution in [3.63, 3.8) is 0 Å². The van der Waals surface area contributed by atoms with Crippen LogP contribution in [0.3, 0.4) is 0 Å². The van der Waals surface area contributed by atoms with Crippen LogP contribution in [-0.2, 0) is 14.9 Å². The lowest BCUT2D eigenvalue weighted by atomic mass is 9.90. The van der Waals surface area contributed by atoms with E-state index in [1.807, 2.05) is 40.7 Å². The van der Waals surface area contributed by atoms with Gasteiger partial charge in [-0.1, -0.05) is 0 Å². The molecule has 2 aliphatic heterocycles. The molecule has 1 fully saturated rings. The first-order chi connectivity index (χ1) is 12.1. The quantitative estimate of drug-likeness (QED) is 0.847. The minimum Gasteiger partial charge on any atom is -0.444 e. The second-order valence-corrected chi connectivity index (χ2v) is 8.56. The lowest BCUT2D eigenvalue weighted by Crippen LogP contribution is -2.49. The summed E-state index contributed by atoms with van der Waals surface area (Å²) in [6.45, 7) is 10.9. The summed E-state index contributed by atoms with van der Waals surface area (Å²) in [4.78, 5) is 31.0. The average molecular weight is 360 g/mol. The van der Waals surface area contributed by atoms with Crippen LogP contribution in [0.2, 0.25) is 0 Å². The van der Waals surface area contributed by atoms with Crippen LogP contribution in [0, 0.1) is 0 Å². The Bertz CT molecular complexity index is 724. The van der Waals surface area contributed by atoms with E-state index in [9.17, 15) is 9.59 Å². The number of ether oxygens (including phenoxy) is 1. The van der Waals surface area contributed by atoms with Crippen molar-refractivity contribution in [3.05, 3.63) is 18.0 Å². The Morgan fingerprint density at radius 1 is 1.42 bits per heavy atom. The third-order valence-electron chi connectivity index (χ3n) is 4.81. The maximum atomic E-state index is 12.3. The highest BCUT2D eigenvalue weighted by Gasteiger charge is 2.42. The van der Waals surface area contributed by atoms with Gasteiger partial charge in [0.2, 0.25) is 5.91 Å². The van der Waals surface area contributed by atoms with Crippen LogP contribution >= 0.6 is 0 Å². The zero-order valence-corrected chi connectivity index (χ0v) is 16.2. The fourth-order valence-corrected chi connectivity index (χ4v) is 3.48. The molecule has 1 aromatic rings. The van der Waals surface area contributed by atoms with Crippen molar-refractivity contribution < 1.29 is 14.3 Å². The van der Waals surface area contributed by atoms with Crippen molar-refractivity contribution in [2.45, 2.75) is 64.5 Å². The smallest absolute Gasteiger partial charge is 0.407 e. The van der Waals surface area contributed by atoms with Crippen molar-refractivity contribution in [1.82, 2.24) is 10.3 Å². The minimum absolute atomic E-state index is 0.00697. The Morgan fingerprint density at radius 3 is 2.85 bits per heavy atom. The van der Waals surface area contributed by atoms with Crippen LogP contribution in [0.25, 0.3) is 0 Å². The van der Waals surface area contributed by atoms with Gasteiger partial charge in [0.15, 0.2) is 0 Å². The van der Waals surface area contributed by atoms with Crippen molar-refractivity contribution in [2.75, 3.05) is 23.3 Å². The second-order valence-electron chi connectivity index (χ2n) is 8.56. The Labute approximate surface area is 154 Å². The van der Waals surface area contributed by atoms with Crippen molar-refractivity contribution in [2.24, 2.45) is 0 Å². The predicted molar refractivity (Wildman–Crippen MR) is 100 cm³/mol. The van der Waals surface area contributed by atoms with Crippen LogP contribution in [0.15, 0.2) is 12.3 Å². The van der Waals surface area contributed by atoms with E-state index in [0.29, 0.717) is 6.54 Å². The molecule has 2 amide bonds. The van der Waals surface area contributed by atoms with E-state index in [2.05, 4.69) is 20.5 Å². The summed E-state index contributed by atoms with van der Waals surface area (Å²) >= 11 is 0. The SMILES string of the molecule is CC(C)(C)OC(=O)NC1CCCN(c2ccnc3c2NC(=O)C3(C)C)C1. The molecule has 7 heteroatoms. The summed E-state index contributed by atoms with van der Waals surface area (Å²) in [6.07, 6.45) is 3.22. The number of hydrogen-bond donors (Lipinski definition) is 2. The molecular formula is C19H28N4O3. The van der Waals surface area contributed by atoms with Crippen molar-refractivity contribution in [1.29, 1.82) is 0 Å². The third kappa shape index (κ3) is 3.61. The number of hydrogen-bond acceptors (Lipinski definition) is 5. The number of carbonyl (C=O) groups excluding carboxylic acids is 2. The van der Waals surface area contributed by atoms with Crippen LogP contribution < -0.4 is 15.5 Å². The van der Waals surface area contributed by atoms with Crippen LogP contribution in [0.5, 0.6) is 0 Å². The monoisotopic (exact) mass is 360 g/mol. The van der Waals surface area contributed by atoms with E-state index in [1.165, 1.54) is 0 Å². The van der Waals surface area contributed by atoms with Gasteiger partial charge < -0.3 is 20.3 Å². The molecule has 0 spiro atoms. The number of pyridine rings is 1. The standard InChI is InChI=1S/C19H28N4O3/c1-18(2,3)26-17(25)21-12-7-6-10-23(11-12)13-8-9-20-15-14(13)22-16(24)19(15,4)5/h8-9,12H,6-7,10-11H2,1-5H3,(H,21,25)(H,22,24). The largest absolute Gasteiger partial charge is 0.444 e. The Hall–Kier alpha value is -2.31. The van der Waals surface area contributed by atoms with E-state index < -0.39 is 17.1 Å². The number of alkyl carbamates (subject to hydrolysis) is 1. The van der Waals surface area contributed by atoms with Crippen LogP contribution in [0.4, 0.5) is 16.2 Å². The summed E-state index contributed by atoms with van der Waals surface area (Å²) in [7, 11) is 0. The number of aromatic nitrogens is 1. The fraction of sp³-hybridized carbons (Fsp3) is 0.632. The Kier molecular flexibility index (Phi) is 4.58. The molecular weight excluding hydrogens is 332 g/mol.